The number of aryl methyl sites for hydroxylation is 1. The summed E-state index contributed by atoms with van der Waals surface area (Å²) in [5, 5.41) is 5.33. The Hall–Kier alpha value is -4.19. The number of imidazole rings is 1. The highest BCUT2D eigenvalue weighted by atomic mass is 16.2. The number of hydrogen-bond donors (Lipinski definition) is 2. The highest BCUT2D eigenvalue weighted by molar-refractivity contribution is 6.02. The average Bonchev–Trinajstić information content (AvgIpc) is 3.32. The summed E-state index contributed by atoms with van der Waals surface area (Å²) in [4.78, 5) is 20.6. The second-order valence-corrected chi connectivity index (χ2v) is 7.85. The van der Waals surface area contributed by atoms with Crippen molar-refractivity contribution in [2.75, 3.05) is 0 Å². The monoisotopic (exact) mass is 421 g/mol. The van der Waals surface area contributed by atoms with Crippen LogP contribution in [0.5, 0.6) is 0 Å². The highest BCUT2D eigenvalue weighted by Crippen LogP contribution is 2.23. The van der Waals surface area contributed by atoms with Crippen LogP contribution in [0.1, 0.15) is 33.0 Å². The number of aromatic nitrogens is 3. The van der Waals surface area contributed by atoms with E-state index in [1.807, 2.05) is 56.4 Å². The molecule has 0 radical (unpaired) electrons. The molecule has 0 aliphatic heterocycles. The first kappa shape index (κ1) is 19.8. The number of rotatable bonds is 5. The fraction of sp³-hybridized carbons (Fsp3) is 0.115. The Labute approximate surface area is 185 Å². The van der Waals surface area contributed by atoms with Gasteiger partial charge in [0.2, 0.25) is 0 Å². The van der Waals surface area contributed by atoms with Gasteiger partial charge in [-0.15, -0.1) is 0 Å². The van der Waals surface area contributed by atoms with Crippen molar-refractivity contribution < 1.29 is 4.79 Å². The Kier molecular flexibility index (Phi) is 5.03. The minimum absolute atomic E-state index is 0.264. The third-order valence-electron chi connectivity index (χ3n) is 5.82. The van der Waals surface area contributed by atoms with E-state index >= 15 is 0 Å². The van der Waals surface area contributed by atoms with E-state index in [1.54, 1.807) is 12.3 Å². The quantitative estimate of drug-likeness (QED) is 0.318. The van der Waals surface area contributed by atoms with Gasteiger partial charge in [0.05, 0.1) is 17.2 Å². The summed E-state index contributed by atoms with van der Waals surface area (Å²) >= 11 is 0. The Bertz CT molecular complexity index is 1460. The molecule has 2 heterocycles. The molecule has 0 fully saturated rings. The van der Waals surface area contributed by atoms with Crippen LogP contribution in [0.2, 0.25) is 0 Å². The van der Waals surface area contributed by atoms with Gasteiger partial charge in [-0.05, 0) is 36.8 Å². The molecule has 5 rings (SSSR count). The van der Waals surface area contributed by atoms with Crippen molar-refractivity contribution in [3.63, 3.8) is 0 Å². The Morgan fingerprint density at radius 1 is 1.09 bits per heavy atom. The largest absolute Gasteiger partial charge is 0.347 e. The summed E-state index contributed by atoms with van der Waals surface area (Å²) in [5.74, 6) is 0.605. The number of amides is 1. The van der Waals surface area contributed by atoms with Gasteiger partial charge in [0.25, 0.3) is 5.91 Å². The first-order chi connectivity index (χ1) is 15.6. The number of carbonyl (C=O) groups excluding carboxylic acids is 1. The van der Waals surface area contributed by atoms with Crippen LogP contribution in [0.25, 0.3) is 21.9 Å². The normalized spacial score (nSPS) is 11.6. The van der Waals surface area contributed by atoms with Crippen LogP contribution in [-0.2, 0) is 13.5 Å². The molecule has 6 nitrogen and oxygen atoms in total. The molecule has 2 N–H and O–H groups in total. The Morgan fingerprint density at radius 3 is 2.72 bits per heavy atom. The Balaban J connectivity index is 1.33. The standard InChI is InChI=1S/C26H23N5O/c1-17-21(20-10-6-7-11-24(20)31(17)2)16-27-30-26(32)19-12-13-22-23(15-19)29-25(28-22)14-18-8-4-3-5-9-18/h3-13,15-16H,14H2,1-2H3,(H,28,29)(H,30,32)/b27-16-. The third-order valence-corrected chi connectivity index (χ3v) is 5.82. The first-order valence-corrected chi connectivity index (χ1v) is 10.5. The number of para-hydroxylation sites is 1. The number of H-pyrrole nitrogens is 1. The molecule has 158 valence electrons. The minimum Gasteiger partial charge on any atom is -0.347 e. The van der Waals surface area contributed by atoms with Crippen molar-refractivity contribution in [1.29, 1.82) is 0 Å². The van der Waals surface area contributed by atoms with E-state index in [0.717, 1.165) is 39.0 Å². The predicted molar refractivity (Wildman–Crippen MR) is 128 cm³/mol. The van der Waals surface area contributed by atoms with Crippen molar-refractivity contribution in [2.24, 2.45) is 12.1 Å². The van der Waals surface area contributed by atoms with Gasteiger partial charge in [-0.25, -0.2) is 10.4 Å². The number of nitrogens with one attached hydrogen (secondary N) is 2. The van der Waals surface area contributed by atoms with E-state index < -0.39 is 0 Å². The van der Waals surface area contributed by atoms with E-state index in [2.05, 4.69) is 49.3 Å². The molecule has 0 saturated carbocycles. The molecule has 0 spiro atoms. The molecular formula is C26H23N5O. The molecule has 3 aromatic carbocycles. The van der Waals surface area contributed by atoms with Crippen molar-refractivity contribution >= 4 is 34.1 Å². The number of benzene rings is 3. The molecular weight excluding hydrogens is 398 g/mol. The van der Waals surface area contributed by atoms with E-state index in [1.165, 1.54) is 5.56 Å². The van der Waals surface area contributed by atoms with Crippen molar-refractivity contribution in [1.82, 2.24) is 20.0 Å². The minimum atomic E-state index is -0.264. The lowest BCUT2D eigenvalue weighted by atomic mass is 10.1. The fourth-order valence-electron chi connectivity index (χ4n) is 4.01. The number of hydrogen-bond acceptors (Lipinski definition) is 3. The van der Waals surface area contributed by atoms with E-state index in [9.17, 15) is 4.79 Å². The smallest absolute Gasteiger partial charge is 0.271 e. The van der Waals surface area contributed by atoms with Crippen LogP contribution >= 0.6 is 0 Å². The average molecular weight is 422 g/mol. The maximum absolute atomic E-state index is 12.7. The summed E-state index contributed by atoms with van der Waals surface area (Å²) in [6.45, 7) is 2.04. The predicted octanol–water partition coefficient (Wildman–Crippen LogP) is 4.72. The van der Waals surface area contributed by atoms with Gasteiger partial charge in [0.1, 0.15) is 5.82 Å². The molecule has 0 atom stereocenters. The van der Waals surface area contributed by atoms with E-state index in [0.29, 0.717) is 12.0 Å². The number of carbonyl (C=O) groups is 1. The number of aromatic amines is 1. The van der Waals surface area contributed by atoms with Crippen molar-refractivity contribution in [3.8, 4) is 0 Å². The topological polar surface area (TPSA) is 75.1 Å². The van der Waals surface area contributed by atoms with Crippen LogP contribution in [0.4, 0.5) is 0 Å². The summed E-state index contributed by atoms with van der Waals surface area (Å²) in [5.41, 5.74) is 9.25. The second kappa shape index (κ2) is 8.15. The molecule has 0 bridgehead atoms. The molecule has 6 heteroatoms. The summed E-state index contributed by atoms with van der Waals surface area (Å²) in [6.07, 6.45) is 2.42. The second-order valence-electron chi connectivity index (χ2n) is 7.85. The molecule has 0 aliphatic carbocycles. The maximum Gasteiger partial charge on any atom is 0.271 e. The first-order valence-electron chi connectivity index (χ1n) is 10.5. The van der Waals surface area contributed by atoms with Gasteiger partial charge in [-0.1, -0.05) is 48.5 Å². The third kappa shape index (κ3) is 3.67. The van der Waals surface area contributed by atoms with Crippen LogP contribution in [-0.4, -0.2) is 26.7 Å². The molecule has 1 amide bonds. The summed E-state index contributed by atoms with van der Waals surface area (Å²) < 4.78 is 2.12. The van der Waals surface area contributed by atoms with Gasteiger partial charge in [0, 0.05) is 41.2 Å². The molecule has 0 unspecified atom stereocenters. The zero-order valence-electron chi connectivity index (χ0n) is 18.0. The van der Waals surface area contributed by atoms with Crippen molar-refractivity contribution in [3.05, 3.63) is 101 Å². The lowest BCUT2D eigenvalue weighted by Gasteiger charge is -2.00. The SMILES string of the molecule is Cc1c(/C=N\NC(=O)c2ccc3nc(Cc4ccccc4)[nH]c3c2)c2ccccc2n1C. The van der Waals surface area contributed by atoms with Gasteiger partial charge in [-0.3, -0.25) is 4.79 Å². The van der Waals surface area contributed by atoms with E-state index in [4.69, 9.17) is 0 Å². The van der Waals surface area contributed by atoms with Gasteiger partial charge in [0.15, 0.2) is 0 Å². The Morgan fingerprint density at radius 2 is 1.88 bits per heavy atom. The van der Waals surface area contributed by atoms with Crippen molar-refractivity contribution in [2.45, 2.75) is 13.3 Å². The molecule has 0 aliphatic rings. The number of nitrogens with zero attached hydrogens (tertiary/aromatic N) is 3. The number of hydrazone groups is 1. The fourth-order valence-corrected chi connectivity index (χ4v) is 4.01. The highest BCUT2D eigenvalue weighted by Gasteiger charge is 2.11. The van der Waals surface area contributed by atoms with Crippen LogP contribution in [0, 0.1) is 6.92 Å². The molecule has 2 aromatic heterocycles. The molecule has 32 heavy (non-hydrogen) atoms. The van der Waals surface area contributed by atoms with Gasteiger partial charge in [-0.2, -0.15) is 5.10 Å². The zero-order chi connectivity index (χ0) is 22.1. The lowest BCUT2D eigenvalue weighted by molar-refractivity contribution is 0.0955. The van der Waals surface area contributed by atoms with Crippen LogP contribution in [0.3, 0.4) is 0 Å². The van der Waals surface area contributed by atoms with Gasteiger partial charge < -0.3 is 9.55 Å². The summed E-state index contributed by atoms with van der Waals surface area (Å²) in [6, 6.07) is 23.8. The molecule has 5 aromatic rings. The number of fused-ring (bicyclic) bond motifs is 2. The van der Waals surface area contributed by atoms with E-state index in [-0.39, 0.29) is 5.91 Å². The van der Waals surface area contributed by atoms with Crippen LogP contribution < -0.4 is 5.43 Å². The molecule has 0 saturated heterocycles. The zero-order valence-corrected chi connectivity index (χ0v) is 18.0. The maximum atomic E-state index is 12.7. The summed E-state index contributed by atoms with van der Waals surface area (Å²) in [7, 11) is 2.03. The lowest BCUT2D eigenvalue weighted by Crippen LogP contribution is -2.17. The van der Waals surface area contributed by atoms with Gasteiger partial charge >= 0.3 is 0 Å². The van der Waals surface area contributed by atoms with Crippen LogP contribution in [0.15, 0.2) is 77.9 Å².